The van der Waals surface area contributed by atoms with Gasteiger partial charge < -0.3 is 14.6 Å². The van der Waals surface area contributed by atoms with Gasteiger partial charge in [0.05, 0.1) is 19.8 Å². The van der Waals surface area contributed by atoms with Crippen LogP contribution in [0.4, 0.5) is 0 Å². The molecular formula is C14H21NO3. The van der Waals surface area contributed by atoms with Crippen molar-refractivity contribution in [3.8, 4) is 5.75 Å². The number of aliphatic hydroxyl groups is 1. The monoisotopic (exact) mass is 251 g/mol. The van der Waals surface area contributed by atoms with E-state index in [1.165, 1.54) is 0 Å². The Morgan fingerprint density at radius 1 is 1.44 bits per heavy atom. The average Bonchev–Trinajstić information content (AvgIpc) is 2.92. The molecule has 18 heavy (non-hydrogen) atoms. The average molecular weight is 251 g/mol. The summed E-state index contributed by atoms with van der Waals surface area (Å²) in [5.74, 6) is 0.809. The van der Waals surface area contributed by atoms with E-state index in [2.05, 4.69) is 4.90 Å². The van der Waals surface area contributed by atoms with Crippen LogP contribution in [0, 0.1) is 0 Å². The number of nitrogens with zero attached hydrogens (tertiary/aromatic N) is 1. The first-order valence-corrected chi connectivity index (χ1v) is 6.30. The lowest BCUT2D eigenvalue weighted by atomic mass is 10.1. The molecule has 2 rings (SSSR count). The van der Waals surface area contributed by atoms with Crippen molar-refractivity contribution in [2.75, 3.05) is 33.9 Å². The van der Waals surface area contributed by atoms with Crippen molar-refractivity contribution in [2.45, 2.75) is 18.6 Å². The minimum Gasteiger partial charge on any atom is -0.497 e. The Hall–Kier alpha value is -1.10. The second-order valence-corrected chi connectivity index (χ2v) is 4.75. The molecular weight excluding hydrogens is 230 g/mol. The maximum Gasteiger partial charge on any atom is 0.118 e. The van der Waals surface area contributed by atoms with Gasteiger partial charge in [-0.25, -0.2) is 0 Å². The predicted octanol–water partition coefficient (Wildman–Crippen LogP) is 1.45. The molecule has 1 N–H and O–H groups in total. The number of hydrogen-bond donors (Lipinski definition) is 1. The van der Waals surface area contributed by atoms with Crippen molar-refractivity contribution in [1.29, 1.82) is 0 Å². The predicted molar refractivity (Wildman–Crippen MR) is 69.8 cm³/mol. The van der Waals surface area contributed by atoms with Gasteiger partial charge in [0, 0.05) is 19.2 Å². The zero-order valence-corrected chi connectivity index (χ0v) is 11.0. The molecule has 2 unspecified atom stereocenters. The van der Waals surface area contributed by atoms with E-state index < -0.39 is 6.10 Å². The molecule has 0 aromatic heterocycles. The Morgan fingerprint density at radius 2 is 2.17 bits per heavy atom. The molecule has 0 aliphatic carbocycles. The highest BCUT2D eigenvalue weighted by Gasteiger charge is 2.22. The maximum absolute atomic E-state index is 10.2. The third-order valence-corrected chi connectivity index (χ3v) is 3.49. The van der Waals surface area contributed by atoms with E-state index in [9.17, 15) is 5.11 Å². The largest absolute Gasteiger partial charge is 0.497 e. The number of likely N-dealkylation sites (N-methyl/N-ethyl adjacent to an activating group) is 1. The molecule has 1 aromatic carbocycles. The van der Waals surface area contributed by atoms with Gasteiger partial charge in [-0.1, -0.05) is 12.1 Å². The molecule has 1 saturated heterocycles. The Morgan fingerprint density at radius 3 is 2.72 bits per heavy atom. The van der Waals surface area contributed by atoms with Gasteiger partial charge in [0.15, 0.2) is 0 Å². The van der Waals surface area contributed by atoms with Crippen LogP contribution in [0.15, 0.2) is 24.3 Å². The lowest BCUT2D eigenvalue weighted by molar-refractivity contribution is 0.0950. The van der Waals surface area contributed by atoms with Crippen LogP contribution in [-0.2, 0) is 4.74 Å². The Kier molecular flexibility index (Phi) is 4.58. The fourth-order valence-electron chi connectivity index (χ4n) is 2.22. The van der Waals surface area contributed by atoms with E-state index in [1.54, 1.807) is 7.11 Å². The zero-order valence-electron chi connectivity index (χ0n) is 11.0. The Balaban J connectivity index is 1.91. The van der Waals surface area contributed by atoms with Crippen molar-refractivity contribution < 1.29 is 14.6 Å². The first-order chi connectivity index (χ1) is 8.70. The molecule has 1 aromatic rings. The molecule has 100 valence electrons. The van der Waals surface area contributed by atoms with E-state index in [0.717, 1.165) is 30.9 Å². The van der Waals surface area contributed by atoms with Gasteiger partial charge in [0.2, 0.25) is 0 Å². The zero-order chi connectivity index (χ0) is 13.0. The van der Waals surface area contributed by atoms with E-state index in [0.29, 0.717) is 12.6 Å². The van der Waals surface area contributed by atoms with Gasteiger partial charge in [-0.05, 0) is 31.2 Å². The summed E-state index contributed by atoms with van der Waals surface area (Å²) >= 11 is 0. The van der Waals surface area contributed by atoms with Crippen molar-refractivity contribution >= 4 is 0 Å². The van der Waals surface area contributed by atoms with Crippen LogP contribution in [0.25, 0.3) is 0 Å². The maximum atomic E-state index is 10.2. The number of ether oxygens (including phenoxy) is 2. The third kappa shape index (κ3) is 3.22. The topological polar surface area (TPSA) is 41.9 Å². The fraction of sp³-hybridized carbons (Fsp3) is 0.571. The van der Waals surface area contributed by atoms with Gasteiger partial charge in [0.1, 0.15) is 5.75 Å². The smallest absolute Gasteiger partial charge is 0.118 e. The van der Waals surface area contributed by atoms with Crippen molar-refractivity contribution in [2.24, 2.45) is 0 Å². The lowest BCUT2D eigenvalue weighted by Gasteiger charge is -2.25. The number of benzene rings is 1. The number of methoxy groups -OCH3 is 1. The first-order valence-electron chi connectivity index (χ1n) is 6.30. The van der Waals surface area contributed by atoms with Crippen LogP contribution in [0.5, 0.6) is 5.75 Å². The normalized spacial score (nSPS) is 21.2. The standard InChI is InChI=1S/C14H21NO3/c1-15(12-7-8-18-10-12)9-14(16)11-3-5-13(17-2)6-4-11/h3-6,12,14,16H,7-10H2,1-2H3. The Labute approximate surface area is 108 Å². The van der Waals surface area contributed by atoms with Gasteiger partial charge in [-0.15, -0.1) is 0 Å². The molecule has 4 heteroatoms. The molecule has 0 spiro atoms. The third-order valence-electron chi connectivity index (χ3n) is 3.49. The minimum atomic E-state index is -0.471. The summed E-state index contributed by atoms with van der Waals surface area (Å²) in [7, 11) is 3.67. The molecule has 0 radical (unpaired) electrons. The molecule has 4 nitrogen and oxygen atoms in total. The highest BCUT2D eigenvalue weighted by molar-refractivity contribution is 5.28. The highest BCUT2D eigenvalue weighted by atomic mass is 16.5. The van der Waals surface area contributed by atoms with Crippen LogP contribution >= 0.6 is 0 Å². The van der Waals surface area contributed by atoms with Crippen molar-refractivity contribution in [1.82, 2.24) is 4.90 Å². The Bertz CT molecular complexity index is 360. The molecule has 0 bridgehead atoms. The summed E-state index contributed by atoms with van der Waals surface area (Å²) in [6.45, 7) is 2.22. The summed E-state index contributed by atoms with van der Waals surface area (Å²) in [5, 5.41) is 10.2. The molecule has 0 saturated carbocycles. The quantitative estimate of drug-likeness (QED) is 0.860. The van der Waals surface area contributed by atoms with Crippen LogP contribution in [-0.4, -0.2) is 50.0 Å². The summed E-state index contributed by atoms with van der Waals surface area (Å²) in [6.07, 6.45) is 0.577. The summed E-state index contributed by atoms with van der Waals surface area (Å²) in [5.41, 5.74) is 0.918. The lowest BCUT2D eigenvalue weighted by Crippen LogP contribution is -2.35. The number of rotatable bonds is 5. The number of hydrogen-bond acceptors (Lipinski definition) is 4. The molecule has 2 atom stereocenters. The summed E-state index contributed by atoms with van der Waals surface area (Å²) < 4.78 is 10.5. The van der Waals surface area contributed by atoms with Crippen molar-refractivity contribution in [3.63, 3.8) is 0 Å². The molecule has 1 heterocycles. The summed E-state index contributed by atoms with van der Waals surface area (Å²) in [4.78, 5) is 2.17. The number of aliphatic hydroxyl groups excluding tert-OH is 1. The molecule has 1 fully saturated rings. The minimum absolute atomic E-state index is 0.429. The van der Waals surface area contributed by atoms with Gasteiger partial charge in [-0.3, -0.25) is 4.90 Å². The van der Waals surface area contributed by atoms with Gasteiger partial charge in [0.25, 0.3) is 0 Å². The molecule has 1 aliphatic rings. The van der Waals surface area contributed by atoms with Gasteiger partial charge >= 0.3 is 0 Å². The molecule has 1 aliphatic heterocycles. The highest BCUT2D eigenvalue weighted by Crippen LogP contribution is 2.20. The van der Waals surface area contributed by atoms with E-state index in [4.69, 9.17) is 9.47 Å². The van der Waals surface area contributed by atoms with Gasteiger partial charge in [-0.2, -0.15) is 0 Å². The van der Waals surface area contributed by atoms with Crippen LogP contribution in [0.1, 0.15) is 18.1 Å². The fourth-order valence-corrected chi connectivity index (χ4v) is 2.22. The van der Waals surface area contributed by atoms with Crippen LogP contribution in [0.2, 0.25) is 0 Å². The van der Waals surface area contributed by atoms with Crippen LogP contribution in [0.3, 0.4) is 0 Å². The van der Waals surface area contributed by atoms with E-state index in [1.807, 2.05) is 31.3 Å². The SMILES string of the molecule is COc1ccc(C(O)CN(C)C2CCOC2)cc1. The van der Waals surface area contributed by atoms with Crippen LogP contribution < -0.4 is 4.74 Å². The van der Waals surface area contributed by atoms with Crippen molar-refractivity contribution in [3.05, 3.63) is 29.8 Å². The van der Waals surface area contributed by atoms with E-state index in [-0.39, 0.29) is 0 Å². The molecule has 0 amide bonds. The van der Waals surface area contributed by atoms with E-state index >= 15 is 0 Å². The first kappa shape index (κ1) is 13.3. The summed E-state index contributed by atoms with van der Waals surface area (Å²) in [6, 6.07) is 7.98. The second kappa shape index (κ2) is 6.18. The second-order valence-electron chi connectivity index (χ2n) is 4.75.